The van der Waals surface area contributed by atoms with Gasteiger partial charge in [0.15, 0.2) is 0 Å². The summed E-state index contributed by atoms with van der Waals surface area (Å²) < 4.78 is 50.1. The number of alkyl halides is 3. The molecule has 18 heavy (non-hydrogen) atoms. The second-order valence-corrected chi connectivity index (χ2v) is 5.16. The maximum Gasteiger partial charge on any atom is 0.404 e. The quantitative estimate of drug-likeness (QED) is 0.849. The summed E-state index contributed by atoms with van der Waals surface area (Å²) in [7, 11) is 0. The van der Waals surface area contributed by atoms with Gasteiger partial charge in [0.05, 0.1) is 12.2 Å². The standard InChI is InChI=1S/C12H20F3NO2/c1-2-16-10(12(13,14)15)9-3-5-18-11(7-9)4-6-17-8-11/h9-10,16H,2-8H2,1H3. The van der Waals surface area contributed by atoms with Gasteiger partial charge in [-0.1, -0.05) is 6.92 Å². The van der Waals surface area contributed by atoms with Crippen LogP contribution in [0.5, 0.6) is 0 Å². The normalized spacial score (nSPS) is 35.0. The minimum Gasteiger partial charge on any atom is -0.378 e. The molecule has 0 aromatic heterocycles. The van der Waals surface area contributed by atoms with Gasteiger partial charge in [0.1, 0.15) is 6.04 Å². The first-order valence-electron chi connectivity index (χ1n) is 6.49. The van der Waals surface area contributed by atoms with Gasteiger partial charge in [0.25, 0.3) is 0 Å². The van der Waals surface area contributed by atoms with E-state index in [1.165, 1.54) is 0 Å². The lowest BCUT2D eigenvalue weighted by Gasteiger charge is -2.41. The second kappa shape index (κ2) is 5.35. The minimum absolute atomic E-state index is 0.324. The summed E-state index contributed by atoms with van der Waals surface area (Å²) >= 11 is 0. The highest BCUT2D eigenvalue weighted by Gasteiger charge is 2.50. The van der Waals surface area contributed by atoms with Crippen LogP contribution in [-0.4, -0.2) is 44.2 Å². The number of rotatable bonds is 3. The Bertz CT molecular complexity index is 277. The molecular formula is C12H20F3NO2. The van der Waals surface area contributed by atoms with Crippen LogP contribution in [0.25, 0.3) is 0 Å². The van der Waals surface area contributed by atoms with Gasteiger partial charge in [-0.15, -0.1) is 0 Å². The van der Waals surface area contributed by atoms with Gasteiger partial charge in [-0.05, 0) is 25.3 Å². The zero-order valence-corrected chi connectivity index (χ0v) is 10.6. The molecule has 0 radical (unpaired) electrons. The van der Waals surface area contributed by atoms with Crippen LogP contribution < -0.4 is 5.32 Å². The van der Waals surface area contributed by atoms with Crippen LogP contribution >= 0.6 is 0 Å². The van der Waals surface area contributed by atoms with Gasteiger partial charge in [-0.2, -0.15) is 13.2 Å². The molecule has 6 heteroatoms. The molecule has 0 aromatic carbocycles. The third kappa shape index (κ3) is 2.97. The topological polar surface area (TPSA) is 30.5 Å². The van der Waals surface area contributed by atoms with Gasteiger partial charge in [-0.25, -0.2) is 0 Å². The van der Waals surface area contributed by atoms with Crippen molar-refractivity contribution in [3.63, 3.8) is 0 Å². The molecule has 2 heterocycles. The van der Waals surface area contributed by atoms with E-state index in [1.807, 2.05) is 0 Å². The Hall–Kier alpha value is -0.330. The molecule has 0 bridgehead atoms. The SMILES string of the molecule is CCNC(C1CCOC2(CCOC2)C1)C(F)(F)F. The zero-order valence-electron chi connectivity index (χ0n) is 10.6. The summed E-state index contributed by atoms with van der Waals surface area (Å²) in [5, 5.41) is 2.58. The van der Waals surface area contributed by atoms with Crippen LogP contribution in [0.2, 0.25) is 0 Å². The highest BCUT2D eigenvalue weighted by atomic mass is 19.4. The fourth-order valence-electron chi connectivity index (χ4n) is 2.98. The smallest absolute Gasteiger partial charge is 0.378 e. The summed E-state index contributed by atoms with van der Waals surface area (Å²) in [6.07, 6.45) is -2.60. The molecule has 2 aliphatic rings. The molecule has 3 atom stereocenters. The number of hydrogen-bond acceptors (Lipinski definition) is 3. The van der Waals surface area contributed by atoms with Crippen molar-refractivity contribution in [2.24, 2.45) is 5.92 Å². The van der Waals surface area contributed by atoms with E-state index < -0.39 is 23.7 Å². The van der Waals surface area contributed by atoms with E-state index >= 15 is 0 Å². The summed E-state index contributed by atoms with van der Waals surface area (Å²) in [5.74, 6) is -0.416. The van der Waals surface area contributed by atoms with E-state index in [2.05, 4.69) is 5.32 Å². The molecule has 3 nitrogen and oxygen atoms in total. The van der Waals surface area contributed by atoms with E-state index in [1.54, 1.807) is 6.92 Å². The predicted molar refractivity (Wildman–Crippen MR) is 60.4 cm³/mol. The van der Waals surface area contributed by atoms with Crippen LogP contribution in [0.4, 0.5) is 13.2 Å². The van der Waals surface area contributed by atoms with Crippen LogP contribution in [0, 0.1) is 5.92 Å². The first-order valence-corrected chi connectivity index (χ1v) is 6.49. The molecule has 1 N–H and O–H groups in total. The summed E-state index contributed by atoms with van der Waals surface area (Å²) in [6, 6.07) is -1.43. The molecule has 0 aliphatic carbocycles. The number of nitrogens with one attached hydrogen (secondary N) is 1. The highest BCUT2D eigenvalue weighted by Crippen LogP contribution is 2.40. The van der Waals surface area contributed by atoms with Crippen molar-refractivity contribution in [2.75, 3.05) is 26.4 Å². The fraction of sp³-hybridized carbons (Fsp3) is 1.00. The maximum absolute atomic E-state index is 13.0. The van der Waals surface area contributed by atoms with E-state index in [0.717, 1.165) is 0 Å². The second-order valence-electron chi connectivity index (χ2n) is 5.16. The number of hydrogen-bond donors (Lipinski definition) is 1. The van der Waals surface area contributed by atoms with Crippen molar-refractivity contribution in [1.29, 1.82) is 0 Å². The molecule has 2 rings (SSSR count). The van der Waals surface area contributed by atoms with E-state index in [9.17, 15) is 13.2 Å². The summed E-state index contributed by atoms with van der Waals surface area (Å²) in [4.78, 5) is 0. The third-order valence-corrected chi connectivity index (χ3v) is 3.85. The summed E-state index contributed by atoms with van der Waals surface area (Å²) in [5.41, 5.74) is -0.470. The minimum atomic E-state index is -4.20. The molecule has 106 valence electrons. The lowest BCUT2D eigenvalue weighted by molar-refractivity contribution is -0.187. The van der Waals surface area contributed by atoms with Crippen molar-refractivity contribution >= 4 is 0 Å². The van der Waals surface area contributed by atoms with Gasteiger partial charge in [-0.3, -0.25) is 0 Å². The Kier molecular flexibility index (Phi) is 4.18. The van der Waals surface area contributed by atoms with E-state index in [-0.39, 0.29) is 0 Å². The Labute approximate surface area is 105 Å². The van der Waals surface area contributed by atoms with Crippen molar-refractivity contribution in [2.45, 2.75) is 44.0 Å². The van der Waals surface area contributed by atoms with Crippen LogP contribution in [0.15, 0.2) is 0 Å². The fourth-order valence-corrected chi connectivity index (χ4v) is 2.98. The first-order chi connectivity index (χ1) is 8.47. The maximum atomic E-state index is 13.0. The lowest BCUT2D eigenvalue weighted by atomic mass is 9.81. The van der Waals surface area contributed by atoms with Crippen molar-refractivity contribution in [1.82, 2.24) is 5.32 Å². The first kappa shape index (κ1) is 14.1. The largest absolute Gasteiger partial charge is 0.404 e. The molecule has 2 aliphatic heterocycles. The van der Waals surface area contributed by atoms with Crippen molar-refractivity contribution in [3.05, 3.63) is 0 Å². The molecule has 1 spiro atoms. The predicted octanol–water partition coefficient (Wildman–Crippen LogP) is 2.11. The number of halogens is 3. The third-order valence-electron chi connectivity index (χ3n) is 3.85. The molecule has 0 amide bonds. The Morgan fingerprint density at radius 2 is 2.17 bits per heavy atom. The van der Waals surface area contributed by atoms with Gasteiger partial charge >= 0.3 is 6.18 Å². The molecule has 0 aromatic rings. The van der Waals surface area contributed by atoms with E-state index in [0.29, 0.717) is 45.6 Å². The van der Waals surface area contributed by atoms with E-state index in [4.69, 9.17) is 9.47 Å². The molecule has 3 unspecified atom stereocenters. The van der Waals surface area contributed by atoms with Crippen molar-refractivity contribution in [3.8, 4) is 0 Å². The van der Waals surface area contributed by atoms with Gasteiger partial charge in [0, 0.05) is 19.6 Å². The molecule has 2 saturated heterocycles. The van der Waals surface area contributed by atoms with Gasteiger partial charge in [0.2, 0.25) is 0 Å². The van der Waals surface area contributed by atoms with Crippen molar-refractivity contribution < 1.29 is 22.6 Å². The zero-order chi connectivity index (χ0) is 13.2. The average molecular weight is 267 g/mol. The Morgan fingerprint density at radius 1 is 1.39 bits per heavy atom. The Balaban J connectivity index is 2.06. The van der Waals surface area contributed by atoms with Crippen LogP contribution in [0.1, 0.15) is 26.2 Å². The molecule has 0 saturated carbocycles. The van der Waals surface area contributed by atoms with Gasteiger partial charge < -0.3 is 14.8 Å². The highest BCUT2D eigenvalue weighted by molar-refractivity contribution is 4.95. The lowest BCUT2D eigenvalue weighted by Crippen LogP contribution is -2.53. The monoisotopic (exact) mass is 267 g/mol. The average Bonchev–Trinajstić information content (AvgIpc) is 2.72. The van der Waals surface area contributed by atoms with Crippen LogP contribution in [0.3, 0.4) is 0 Å². The number of ether oxygens (including phenoxy) is 2. The Morgan fingerprint density at radius 3 is 2.72 bits per heavy atom. The molecular weight excluding hydrogens is 247 g/mol. The molecule has 2 fully saturated rings. The summed E-state index contributed by atoms with van der Waals surface area (Å²) in [6.45, 7) is 3.44. The van der Waals surface area contributed by atoms with Crippen LogP contribution in [-0.2, 0) is 9.47 Å².